The highest BCUT2D eigenvalue weighted by molar-refractivity contribution is 5.98. The molecule has 4 aliphatic rings. The van der Waals surface area contributed by atoms with Gasteiger partial charge in [-0.05, 0) is 82.0 Å². The van der Waals surface area contributed by atoms with Gasteiger partial charge in [-0.15, -0.1) is 0 Å². The van der Waals surface area contributed by atoms with Gasteiger partial charge in [0.1, 0.15) is 5.69 Å². The van der Waals surface area contributed by atoms with Crippen LogP contribution in [0.25, 0.3) is 11.3 Å². The third-order valence-corrected chi connectivity index (χ3v) is 10.4. The minimum atomic E-state index is -0.598. The van der Waals surface area contributed by atoms with Crippen molar-refractivity contribution < 1.29 is 9.53 Å². The second-order valence-electron chi connectivity index (χ2n) is 13.2. The van der Waals surface area contributed by atoms with Crippen LogP contribution in [-0.2, 0) is 4.74 Å². The van der Waals surface area contributed by atoms with Crippen LogP contribution < -0.4 is 20.9 Å². The minimum Gasteiger partial charge on any atom is -0.381 e. The van der Waals surface area contributed by atoms with Crippen LogP contribution in [0.3, 0.4) is 0 Å². The number of hydrogen-bond donors (Lipinski definition) is 2. The third kappa shape index (κ3) is 5.87. The summed E-state index contributed by atoms with van der Waals surface area (Å²) in [5.74, 6) is 0.589. The number of piperidine rings is 1. The number of rotatable bonds is 6. The van der Waals surface area contributed by atoms with Crippen molar-refractivity contribution in [2.24, 2.45) is 5.73 Å². The number of aromatic nitrogens is 2. The van der Waals surface area contributed by atoms with Crippen LogP contribution in [0.1, 0.15) is 60.3 Å². The molecule has 4 aliphatic heterocycles. The summed E-state index contributed by atoms with van der Waals surface area (Å²) in [6.07, 6.45) is 4.23. The molecular weight excluding hydrogens is 564 g/mol. The highest BCUT2D eigenvalue weighted by atomic mass is 16.5. The molecule has 10 nitrogen and oxygen atoms in total. The number of anilines is 4. The molecule has 7 rings (SSSR count). The largest absolute Gasteiger partial charge is 0.381 e. The standard InChI is InChI=1S/C35H46N8O2/c1-23-5-4-6-29-24(2)43(28-13-21-45-22-14-28)35-31(30(23)29)38-32(33(36)44)34(39-35)37-25-7-9-26(10-8-25)41-15-11-27(12-16-41)42-19-17-40(3)18-20-42/h4-10,24,27-28H,11-22H2,1-3H3,(H2,36,44)(H,37,39). The first kappa shape index (κ1) is 30.0. The monoisotopic (exact) mass is 610 g/mol. The fraction of sp³-hybridized carbons (Fsp3) is 0.514. The van der Waals surface area contributed by atoms with E-state index >= 15 is 0 Å². The van der Waals surface area contributed by atoms with Crippen molar-refractivity contribution in [3.05, 3.63) is 59.3 Å². The Morgan fingerprint density at radius 3 is 2.31 bits per heavy atom. The van der Waals surface area contributed by atoms with Crippen LogP contribution in [0.5, 0.6) is 0 Å². The van der Waals surface area contributed by atoms with Gasteiger partial charge in [-0.1, -0.05) is 18.2 Å². The molecule has 2 aromatic carbocycles. The maximum absolute atomic E-state index is 12.8. The number of aryl methyl sites for hydroxylation is 1. The molecule has 1 aromatic heterocycles. The Morgan fingerprint density at radius 1 is 0.911 bits per heavy atom. The predicted octanol–water partition coefficient (Wildman–Crippen LogP) is 4.57. The molecule has 1 atom stereocenters. The Balaban J connectivity index is 1.14. The maximum Gasteiger partial charge on any atom is 0.271 e. The van der Waals surface area contributed by atoms with Crippen molar-refractivity contribution in [2.45, 2.75) is 57.7 Å². The van der Waals surface area contributed by atoms with Crippen molar-refractivity contribution in [3.8, 4) is 11.3 Å². The molecule has 1 amide bonds. The van der Waals surface area contributed by atoms with E-state index in [0.29, 0.717) is 11.9 Å². The lowest BCUT2D eigenvalue weighted by Gasteiger charge is -2.44. The van der Waals surface area contributed by atoms with E-state index in [1.165, 1.54) is 50.3 Å². The van der Waals surface area contributed by atoms with E-state index < -0.39 is 5.91 Å². The number of nitrogens with zero attached hydrogens (tertiary/aromatic N) is 6. The Kier molecular flexibility index (Phi) is 8.37. The van der Waals surface area contributed by atoms with Crippen molar-refractivity contribution in [1.82, 2.24) is 19.8 Å². The number of fused-ring (bicyclic) bond motifs is 3. The predicted molar refractivity (Wildman–Crippen MR) is 179 cm³/mol. The van der Waals surface area contributed by atoms with Gasteiger partial charge < -0.3 is 30.5 Å². The first-order chi connectivity index (χ1) is 21.9. The number of piperazine rings is 1. The van der Waals surface area contributed by atoms with Gasteiger partial charge in [-0.25, -0.2) is 9.97 Å². The minimum absolute atomic E-state index is 0.108. The van der Waals surface area contributed by atoms with Crippen LogP contribution in [0.2, 0.25) is 0 Å². The van der Waals surface area contributed by atoms with Crippen molar-refractivity contribution in [2.75, 3.05) is 74.6 Å². The molecule has 10 heteroatoms. The number of benzene rings is 2. The number of primary amides is 1. The highest BCUT2D eigenvalue weighted by Gasteiger charge is 2.37. The van der Waals surface area contributed by atoms with Crippen LogP contribution in [0.4, 0.5) is 23.0 Å². The van der Waals surface area contributed by atoms with Crippen molar-refractivity contribution >= 4 is 28.9 Å². The van der Waals surface area contributed by atoms with E-state index in [9.17, 15) is 4.79 Å². The zero-order chi connectivity index (χ0) is 31.1. The molecule has 0 saturated carbocycles. The lowest BCUT2D eigenvalue weighted by Crippen LogP contribution is -2.52. The number of nitrogens with one attached hydrogen (secondary N) is 1. The topological polar surface area (TPSA) is 103 Å². The summed E-state index contributed by atoms with van der Waals surface area (Å²) < 4.78 is 5.70. The fourth-order valence-electron chi connectivity index (χ4n) is 7.75. The summed E-state index contributed by atoms with van der Waals surface area (Å²) in [7, 11) is 2.22. The summed E-state index contributed by atoms with van der Waals surface area (Å²) in [5.41, 5.74) is 12.2. The molecule has 0 bridgehead atoms. The average molecular weight is 611 g/mol. The SMILES string of the molecule is Cc1cccc2c1-c1nc(C(N)=O)c(Nc3ccc(N4CCC(N5CCN(C)CC5)CC4)cc3)nc1N(C1CCOCC1)C2C. The molecule has 3 saturated heterocycles. The van der Waals surface area contributed by atoms with Crippen LogP contribution in [0, 0.1) is 6.92 Å². The summed E-state index contributed by atoms with van der Waals surface area (Å²) in [4.78, 5) is 32.9. The van der Waals surface area contributed by atoms with E-state index in [0.717, 1.165) is 67.5 Å². The average Bonchev–Trinajstić information content (AvgIpc) is 3.06. The zero-order valence-electron chi connectivity index (χ0n) is 26.8. The lowest BCUT2D eigenvalue weighted by molar-refractivity contribution is 0.0826. The smallest absolute Gasteiger partial charge is 0.271 e. The Hall–Kier alpha value is -3.73. The highest BCUT2D eigenvalue weighted by Crippen LogP contribution is 2.47. The summed E-state index contributed by atoms with van der Waals surface area (Å²) in [5, 5.41) is 3.41. The number of amides is 1. The van der Waals surface area contributed by atoms with Crippen LogP contribution >= 0.6 is 0 Å². The van der Waals surface area contributed by atoms with Crippen LogP contribution in [-0.4, -0.2) is 97.3 Å². The molecule has 1 unspecified atom stereocenters. The number of nitrogens with two attached hydrogens (primary N) is 1. The second kappa shape index (κ2) is 12.6. The molecule has 0 radical (unpaired) electrons. The van der Waals surface area contributed by atoms with E-state index in [1.54, 1.807) is 0 Å². The first-order valence-electron chi connectivity index (χ1n) is 16.6. The Morgan fingerprint density at radius 2 is 1.62 bits per heavy atom. The molecule has 238 valence electrons. The van der Waals surface area contributed by atoms with Gasteiger partial charge in [-0.2, -0.15) is 0 Å². The quantitative estimate of drug-likeness (QED) is 0.416. The number of hydrogen-bond acceptors (Lipinski definition) is 9. The summed E-state index contributed by atoms with van der Waals surface area (Å²) >= 11 is 0. The Bertz CT molecular complexity index is 1520. The van der Waals surface area contributed by atoms with Gasteiger partial charge >= 0.3 is 0 Å². The van der Waals surface area contributed by atoms with E-state index in [1.807, 2.05) is 0 Å². The molecule has 3 N–H and O–H groups in total. The zero-order valence-corrected chi connectivity index (χ0v) is 26.8. The number of likely N-dealkylation sites (N-methyl/N-ethyl adjacent to an activating group) is 1. The third-order valence-electron chi connectivity index (χ3n) is 10.4. The van der Waals surface area contributed by atoms with Gasteiger partial charge in [0.2, 0.25) is 0 Å². The van der Waals surface area contributed by atoms with Crippen LogP contribution in [0.15, 0.2) is 42.5 Å². The summed E-state index contributed by atoms with van der Waals surface area (Å²) in [6, 6.07) is 15.8. The van der Waals surface area contributed by atoms with Gasteiger partial charge in [0.15, 0.2) is 17.3 Å². The molecule has 3 aromatic rings. The number of ether oxygens (including phenoxy) is 1. The van der Waals surface area contributed by atoms with Gasteiger partial charge in [0.25, 0.3) is 5.91 Å². The first-order valence-corrected chi connectivity index (χ1v) is 16.6. The van der Waals surface area contributed by atoms with Crippen molar-refractivity contribution in [3.63, 3.8) is 0 Å². The molecular formula is C35H46N8O2. The lowest BCUT2D eigenvalue weighted by atomic mass is 9.88. The maximum atomic E-state index is 12.8. The molecule has 45 heavy (non-hydrogen) atoms. The number of carbonyl (C=O) groups excluding carboxylic acids is 1. The van der Waals surface area contributed by atoms with Gasteiger partial charge in [-0.3, -0.25) is 9.69 Å². The normalized spacial score (nSPS) is 21.8. The second-order valence-corrected chi connectivity index (χ2v) is 13.2. The number of carbonyl (C=O) groups is 1. The Labute approximate surface area is 266 Å². The van der Waals surface area contributed by atoms with E-state index in [4.69, 9.17) is 20.4 Å². The van der Waals surface area contributed by atoms with E-state index in [2.05, 4.69) is 88.3 Å². The van der Waals surface area contributed by atoms with Crippen molar-refractivity contribution in [1.29, 1.82) is 0 Å². The van der Waals surface area contributed by atoms with Gasteiger partial charge in [0.05, 0.1) is 6.04 Å². The fourth-order valence-corrected chi connectivity index (χ4v) is 7.75. The molecule has 5 heterocycles. The van der Waals surface area contributed by atoms with E-state index in [-0.39, 0.29) is 17.8 Å². The summed E-state index contributed by atoms with van der Waals surface area (Å²) in [6.45, 7) is 12.6. The molecule has 3 fully saturated rings. The molecule has 0 aliphatic carbocycles. The van der Waals surface area contributed by atoms with Gasteiger partial charge in [0, 0.05) is 81.5 Å². The molecule has 0 spiro atoms.